The maximum Gasteiger partial charge on any atom is 0.324 e. The highest BCUT2D eigenvalue weighted by Gasteiger charge is 2.22. The van der Waals surface area contributed by atoms with E-state index in [1.807, 2.05) is 6.07 Å². The second kappa shape index (κ2) is 9.14. The van der Waals surface area contributed by atoms with E-state index in [0.717, 1.165) is 37.3 Å². The number of rotatable bonds is 3. The number of amides is 2. The Labute approximate surface area is 198 Å². The van der Waals surface area contributed by atoms with Gasteiger partial charge in [-0.25, -0.2) is 9.48 Å². The molecule has 3 aromatic rings. The molecule has 3 N–H and O–H groups in total. The van der Waals surface area contributed by atoms with Crippen molar-refractivity contribution < 1.29 is 4.79 Å². The highest BCUT2D eigenvalue weighted by atomic mass is 35.5. The number of hydrogen-bond acceptors (Lipinski definition) is 3. The fraction of sp³-hybridized carbons (Fsp3) is 0.333. The van der Waals surface area contributed by atoms with Crippen molar-refractivity contribution in [3.8, 4) is 5.69 Å². The minimum absolute atomic E-state index is 0.177. The smallest absolute Gasteiger partial charge is 0.316 e. The SMILES string of the molecule is CC(C)(C)c1cc(NC(=O)Nc2cccc(Cl)c2Cl)n(-c2ccc3c(c2)CCNCC3)n1. The van der Waals surface area contributed by atoms with E-state index < -0.39 is 6.03 Å². The third-order valence-corrected chi connectivity index (χ3v) is 6.31. The number of carbonyl (C=O) groups excluding carboxylic acids is 1. The molecule has 0 saturated carbocycles. The maximum atomic E-state index is 12.8. The quantitative estimate of drug-likeness (QED) is 0.451. The second-order valence-corrected chi connectivity index (χ2v) is 9.75. The van der Waals surface area contributed by atoms with Crippen molar-refractivity contribution in [2.24, 2.45) is 0 Å². The lowest BCUT2D eigenvalue weighted by atomic mass is 9.92. The van der Waals surface area contributed by atoms with Crippen molar-refractivity contribution in [3.63, 3.8) is 0 Å². The van der Waals surface area contributed by atoms with E-state index in [2.05, 4.69) is 54.9 Å². The number of hydrogen-bond donors (Lipinski definition) is 3. The van der Waals surface area contributed by atoms with Crippen molar-refractivity contribution in [2.45, 2.75) is 39.0 Å². The normalized spacial score (nSPS) is 13.9. The van der Waals surface area contributed by atoms with Crippen LogP contribution in [0.5, 0.6) is 0 Å². The Kier molecular flexibility index (Phi) is 6.47. The fourth-order valence-electron chi connectivity index (χ4n) is 3.70. The fourth-order valence-corrected chi connectivity index (χ4v) is 4.04. The number of carbonyl (C=O) groups is 1. The zero-order chi connectivity index (χ0) is 22.9. The molecule has 0 saturated heterocycles. The minimum atomic E-state index is -0.422. The summed E-state index contributed by atoms with van der Waals surface area (Å²) in [6.45, 7) is 8.23. The standard InChI is InChI=1S/C24H27Cl2N5O/c1-24(2,3)20-14-21(29-23(32)28-19-6-4-5-18(25)22(19)26)31(30-20)17-8-7-15-9-11-27-12-10-16(15)13-17/h4-8,13-14,27H,9-12H2,1-3H3,(H2,28,29,32). The van der Waals surface area contributed by atoms with Crippen molar-refractivity contribution in [1.82, 2.24) is 15.1 Å². The van der Waals surface area contributed by atoms with E-state index in [1.165, 1.54) is 11.1 Å². The van der Waals surface area contributed by atoms with Gasteiger partial charge in [-0.3, -0.25) is 5.32 Å². The van der Waals surface area contributed by atoms with Gasteiger partial charge in [0.25, 0.3) is 0 Å². The molecule has 4 rings (SSSR count). The van der Waals surface area contributed by atoms with Crippen LogP contribution >= 0.6 is 23.2 Å². The Morgan fingerprint density at radius 2 is 1.78 bits per heavy atom. The van der Waals surface area contributed by atoms with Gasteiger partial charge in [0.2, 0.25) is 0 Å². The van der Waals surface area contributed by atoms with E-state index in [0.29, 0.717) is 21.6 Å². The predicted molar refractivity (Wildman–Crippen MR) is 132 cm³/mol. The molecule has 168 valence electrons. The van der Waals surface area contributed by atoms with E-state index in [9.17, 15) is 4.79 Å². The summed E-state index contributed by atoms with van der Waals surface area (Å²) < 4.78 is 1.79. The zero-order valence-corrected chi connectivity index (χ0v) is 19.9. The van der Waals surface area contributed by atoms with Gasteiger partial charge in [-0.2, -0.15) is 5.10 Å². The summed E-state index contributed by atoms with van der Waals surface area (Å²) in [5, 5.41) is 14.6. The topological polar surface area (TPSA) is 71.0 Å². The van der Waals surface area contributed by atoms with Gasteiger partial charge in [0.15, 0.2) is 0 Å². The molecule has 0 unspecified atom stereocenters. The third-order valence-electron chi connectivity index (χ3n) is 5.50. The molecule has 6 nitrogen and oxygen atoms in total. The number of aromatic nitrogens is 2. The van der Waals surface area contributed by atoms with Gasteiger partial charge in [0, 0.05) is 11.5 Å². The van der Waals surface area contributed by atoms with Gasteiger partial charge < -0.3 is 10.6 Å². The molecule has 1 aliphatic rings. The van der Waals surface area contributed by atoms with Gasteiger partial charge in [0.1, 0.15) is 5.82 Å². The lowest BCUT2D eigenvalue weighted by Gasteiger charge is -2.14. The van der Waals surface area contributed by atoms with Crippen LogP contribution in [-0.4, -0.2) is 28.9 Å². The summed E-state index contributed by atoms with van der Waals surface area (Å²) in [7, 11) is 0. The van der Waals surface area contributed by atoms with Gasteiger partial charge in [0.05, 0.1) is 27.1 Å². The van der Waals surface area contributed by atoms with Crippen LogP contribution in [0.4, 0.5) is 16.3 Å². The number of benzene rings is 2. The molecule has 0 radical (unpaired) electrons. The van der Waals surface area contributed by atoms with Crippen molar-refractivity contribution in [2.75, 3.05) is 23.7 Å². The van der Waals surface area contributed by atoms with E-state index in [-0.39, 0.29) is 5.41 Å². The highest BCUT2D eigenvalue weighted by molar-refractivity contribution is 6.44. The molecule has 1 aliphatic heterocycles. The summed E-state index contributed by atoms with van der Waals surface area (Å²) in [6.07, 6.45) is 1.98. The lowest BCUT2D eigenvalue weighted by molar-refractivity contribution is 0.262. The number of urea groups is 1. The first kappa shape index (κ1) is 22.6. The molecule has 1 aromatic heterocycles. The lowest BCUT2D eigenvalue weighted by Crippen LogP contribution is -2.21. The molecular weight excluding hydrogens is 445 g/mol. The first-order valence-corrected chi connectivity index (χ1v) is 11.4. The first-order chi connectivity index (χ1) is 15.2. The van der Waals surface area contributed by atoms with Crippen LogP contribution in [0.3, 0.4) is 0 Å². The number of fused-ring (bicyclic) bond motifs is 1. The van der Waals surface area contributed by atoms with Gasteiger partial charge >= 0.3 is 6.03 Å². The summed E-state index contributed by atoms with van der Waals surface area (Å²) in [5.74, 6) is 0.581. The van der Waals surface area contributed by atoms with Crippen LogP contribution < -0.4 is 16.0 Å². The average molecular weight is 472 g/mol. The summed E-state index contributed by atoms with van der Waals surface area (Å²) >= 11 is 12.3. The Morgan fingerprint density at radius 3 is 2.53 bits per heavy atom. The molecule has 0 fully saturated rings. The Bertz CT molecular complexity index is 1150. The maximum absolute atomic E-state index is 12.8. The first-order valence-electron chi connectivity index (χ1n) is 10.7. The Morgan fingerprint density at radius 1 is 1.03 bits per heavy atom. The Hall–Kier alpha value is -2.54. The summed E-state index contributed by atoms with van der Waals surface area (Å²) in [4.78, 5) is 12.8. The number of halogens is 2. The number of nitrogens with one attached hydrogen (secondary N) is 3. The molecule has 0 aliphatic carbocycles. The summed E-state index contributed by atoms with van der Waals surface area (Å²) in [6, 6.07) is 13.0. The minimum Gasteiger partial charge on any atom is -0.316 e. The molecule has 0 spiro atoms. The molecule has 8 heteroatoms. The van der Waals surface area contributed by atoms with Crippen LogP contribution in [-0.2, 0) is 18.3 Å². The second-order valence-electron chi connectivity index (χ2n) is 8.96. The average Bonchev–Trinajstić information content (AvgIpc) is 3.02. The van der Waals surface area contributed by atoms with Crippen molar-refractivity contribution in [1.29, 1.82) is 0 Å². The van der Waals surface area contributed by atoms with Gasteiger partial charge in [-0.05, 0) is 61.3 Å². The van der Waals surface area contributed by atoms with Crippen LogP contribution in [0, 0.1) is 0 Å². The highest BCUT2D eigenvalue weighted by Crippen LogP contribution is 2.30. The largest absolute Gasteiger partial charge is 0.324 e. The number of nitrogens with zero attached hydrogens (tertiary/aromatic N) is 2. The molecular formula is C24H27Cl2N5O. The summed E-state index contributed by atoms with van der Waals surface area (Å²) in [5.41, 5.74) is 4.72. The van der Waals surface area contributed by atoms with Gasteiger partial charge in [-0.15, -0.1) is 0 Å². The van der Waals surface area contributed by atoms with Crippen molar-refractivity contribution >= 4 is 40.7 Å². The molecule has 0 bridgehead atoms. The van der Waals surface area contributed by atoms with E-state index >= 15 is 0 Å². The molecule has 0 atom stereocenters. The van der Waals surface area contributed by atoms with Gasteiger partial charge in [-0.1, -0.05) is 56.1 Å². The van der Waals surface area contributed by atoms with Crippen molar-refractivity contribution in [3.05, 3.63) is 69.3 Å². The Balaban J connectivity index is 1.66. The molecule has 32 heavy (non-hydrogen) atoms. The van der Waals surface area contributed by atoms with E-state index in [4.69, 9.17) is 28.3 Å². The van der Waals surface area contributed by atoms with Crippen LogP contribution in [0.25, 0.3) is 5.69 Å². The van der Waals surface area contributed by atoms with Crippen LogP contribution in [0.15, 0.2) is 42.5 Å². The monoisotopic (exact) mass is 471 g/mol. The predicted octanol–water partition coefficient (Wildman–Crippen LogP) is 5.81. The van der Waals surface area contributed by atoms with Crippen LogP contribution in [0.2, 0.25) is 10.0 Å². The molecule has 2 heterocycles. The molecule has 2 amide bonds. The number of anilines is 2. The molecule has 2 aromatic carbocycles. The third kappa shape index (κ3) is 4.93. The zero-order valence-electron chi connectivity index (χ0n) is 18.4. The van der Waals surface area contributed by atoms with Crippen LogP contribution in [0.1, 0.15) is 37.6 Å². The van der Waals surface area contributed by atoms with E-state index in [1.54, 1.807) is 22.9 Å².